The topological polar surface area (TPSA) is 70.6 Å². The molecule has 0 bridgehead atoms. The lowest BCUT2D eigenvalue weighted by atomic mass is 10.0. The summed E-state index contributed by atoms with van der Waals surface area (Å²) in [5, 5.41) is 14.7. The predicted octanol–water partition coefficient (Wildman–Crippen LogP) is 2.11. The number of benzene rings is 1. The van der Waals surface area contributed by atoms with Gasteiger partial charge in [0, 0.05) is 6.61 Å². The van der Waals surface area contributed by atoms with Gasteiger partial charge in [0.2, 0.25) is 0 Å². The summed E-state index contributed by atoms with van der Waals surface area (Å²) in [7, 11) is 0. The van der Waals surface area contributed by atoms with Crippen LogP contribution in [0.25, 0.3) is 0 Å². The summed E-state index contributed by atoms with van der Waals surface area (Å²) >= 11 is 0. The Kier molecular flexibility index (Phi) is 5.90. The average molecular weight is 328 g/mol. The van der Waals surface area contributed by atoms with E-state index in [1.165, 1.54) is 6.07 Å². The van der Waals surface area contributed by atoms with E-state index in [1.807, 2.05) is 13.8 Å². The Bertz CT molecular complexity index is 554. The first-order chi connectivity index (χ1) is 10.9. The van der Waals surface area contributed by atoms with Gasteiger partial charge in [-0.1, -0.05) is 19.9 Å². The summed E-state index contributed by atoms with van der Waals surface area (Å²) in [5.74, 6) is -1.77. The van der Waals surface area contributed by atoms with Crippen LogP contribution in [0.15, 0.2) is 18.2 Å². The van der Waals surface area contributed by atoms with E-state index in [0.717, 1.165) is 12.1 Å². The zero-order chi connectivity index (χ0) is 17.0. The highest BCUT2D eigenvalue weighted by Gasteiger charge is 2.32. The Morgan fingerprint density at radius 1 is 1.39 bits per heavy atom. The number of ether oxygens (including phenoxy) is 1. The molecule has 1 aromatic rings. The van der Waals surface area contributed by atoms with Gasteiger partial charge in [-0.15, -0.1) is 0 Å². The second-order valence-electron chi connectivity index (χ2n) is 6.01. The number of carbonyl (C=O) groups is 1. The van der Waals surface area contributed by atoms with Crippen LogP contribution in [-0.2, 0) is 4.74 Å². The molecule has 1 aliphatic heterocycles. The van der Waals surface area contributed by atoms with Gasteiger partial charge in [0.1, 0.15) is 6.10 Å². The van der Waals surface area contributed by atoms with Gasteiger partial charge in [0.05, 0.1) is 18.7 Å². The highest BCUT2D eigenvalue weighted by atomic mass is 19.2. The van der Waals surface area contributed by atoms with Crippen LogP contribution in [-0.4, -0.2) is 36.4 Å². The lowest BCUT2D eigenvalue weighted by molar-refractivity contribution is 0.0991. The van der Waals surface area contributed by atoms with Gasteiger partial charge in [-0.05, 0) is 30.0 Å². The molecule has 2 amide bonds. The van der Waals surface area contributed by atoms with E-state index in [0.29, 0.717) is 18.6 Å². The van der Waals surface area contributed by atoms with E-state index < -0.39 is 23.8 Å². The molecule has 3 N–H and O–H groups in total. The molecular weight excluding hydrogens is 306 g/mol. The first kappa shape index (κ1) is 17.6. The first-order valence-electron chi connectivity index (χ1n) is 7.66. The van der Waals surface area contributed by atoms with Crippen molar-refractivity contribution in [1.82, 2.24) is 10.6 Å². The molecule has 3 atom stereocenters. The van der Waals surface area contributed by atoms with Crippen molar-refractivity contribution in [2.24, 2.45) is 5.92 Å². The van der Waals surface area contributed by atoms with Crippen LogP contribution >= 0.6 is 0 Å². The molecule has 23 heavy (non-hydrogen) atoms. The zero-order valence-electron chi connectivity index (χ0n) is 13.2. The number of hydrogen-bond donors (Lipinski definition) is 3. The SMILES string of the molecule is CC(C)[C@@H](CO)NC(=O)N[C@@H]1CCO[C@H]1c1ccc(F)c(F)c1. The fourth-order valence-electron chi connectivity index (χ4n) is 2.56. The summed E-state index contributed by atoms with van der Waals surface area (Å²) in [6.45, 7) is 4.05. The Labute approximate surface area is 134 Å². The lowest BCUT2D eigenvalue weighted by Crippen LogP contribution is -2.49. The van der Waals surface area contributed by atoms with Crippen molar-refractivity contribution in [2.75, 3.05) is 13.2 Å². The number of amides is 2. The van der Waals surface area contributed by atoms with E-state index in [1.54, 1.807) is 0 Å². The van der Waals surface area contributed by atoms with Crippen molar-refractivity contribution in [3.63, 3.8) is 0 Å². The van der Waals surface area contributed by atoms with Gasteiger partial charge in [-0.2, -0.15) is 0 Å². The van der Waals surface area contributed by atoms with Gasteiger partial charge in [0.15, 0.2) is 11.6 Å². The van der Waals surface area contributed by atoms with Gasteiger partial charge in [0.25, 0.3) is 0 Å². The number of halogens is 2. The molecule has 1 heterocycles. The number of aliphatic hydroxyl groups excluding tert-OH is 1. The standard InChI is InChI=1S/C16H22F2N2O3/c1-9(2)14(8-21)20-16(22)19-13-5-6-23-15(13)10-3-4-11(17)12(18)7-10/h3-4,7,9,13-15,21H,5-6,8H2,1-2H3,(H2,19,20,22)/t13-,14-,15+/m1/s1. The minimum absolute atomic E-state index is 0.0903. The molecule has 1 saturated heterocycles. The fourth-order valence-corrected chi connectivity index (χ4v) is 2.56. The van der Waals surface area contributed by atoms with Crippen LogP contribution in [0.2, 0.25) is 0 Å². The summed E-state index contributed by atoms with van der Waals surface area (Å²) in [6.07, 6.45) is 0.0465. The predicted molar refractivity (Wildman–Crippen MR) is 80.8 cm³/mol. The second-order valence-corrected chi connectivity index (χ2v) is 6.01. The van der Waals surface area contributed by atoms with E-state index in [9.17, 15) is 18.7 Å². The van der Waals surface area contributed by atoms with Crippen LogP contribution in [0.5, 0.6) is 0 Å². The summed E-state index contributed by atoms with van der Waals surface area (Å²) in [5.41, 5.74) is 0.481. The molecule has 0 spiro atoms. The molecule has 1 aliphatic rings. The Morgan fingerprint density at radius 2 is 2.13 bits per heavy atom. The summed E-state index contributed by atoms with van der Waals surface area (Å²) < 4.78 is 31.9. The smallest absolute Gasteiger partial charge is 0.315 e. The van der Waals surface area contributed by atoms with Gasteiger partial charge < -0.3 is 20.5 Å². The van der Waals surface area contributed by atoms with E-state index >= 15 is 0 Å². The van der Waals surface area contributed by atoms with Gasteiger partial charge in [-0.3, -0.25) is 0 Å². The second kappa shape index (κ2) is 7.70. The normalized spacial score (nSPS) is 22.2. The number of nitrogens with one attached hydrogen (secondary N) is 2. The monoisotopic (exact) mass is 328 g/mol. The van der Waals surface area contributed by atoms with Crippen LogP contribution in [0.4, 0.5) is 13.6 Å². The average Bonchev–Trinajstić information content (AvgIpc) is 2.95. The van der Waals surface area contributed by atoms with E-state index in [4.69, 9.17) is 4.74 Å². The van der Waals surface area contributed by atoms with Crippen LogP contribution < -0.4 is 10.6 Å². The highest BCUT2D eigenvalue weighted by molar-refractivity contribution is 5.74. The number of rotatable bonds is 5. The van der Waals surface area contributed by atoms with Crippen LogP contribution in [0.3, 0.4) is 0 Å². The van der Waals surface area contributed by atoms with Crippen molar-refractivity contribution in [3.05, 3.63) is 35.4 Å². The third-order valence-electron chi connectivity index (χ3n) is 4.00. The maximum Gasteiger partial charge on any atom is 0.315 e. The molecule has 7 heteroatoms. The minimum atomic E-state index is -0.943. The molecule has 1 aromatic carbocycles. The Morgan fingerprint density at radius 3 is 2.74 bits per heavy atom. The number of carbonyl (C=O) groups excluding carboxylic acids is 1. The zero-order valence-corrected chi connectivity index (χ0v) is 13.2. The van der Waals surface area contributed by atoms with Gasteiger partial charge in [-0.25, -0.2) is 13.6 Å². The first-order valence-corrected chi connectivity index (χ1v) is 7.66. The molecule has 0 aliphatic carbocycles. The molecule has 2 rings (SSSR count). The molecular formula is C16H22F2N2O3. The number of urea groups is 1. The third-order valence-corrected chi connectivity index (χ3v) is 4.00. The van der Waals surface area contributed by atoms with Crippen LogP contribution in [0, 0.1) is 17.6 Å². The summed E-state index contributed by atoms with van der Waals surface area (Å²) in [4.78, 5) is 12.0. The van der Waals surface area contributed by atoms with Crippen molar-refractivity contribution >= 4 is 6.03 Å². The minimum Gasteiger partial charge on any atom is -0.394 e. The molecule has 128 valence electrons. The van der Waals surface area contributed by atoms with Crippen molar-refractivity contribution in [3.8, 4) is 0 Å². The molecule has 0 saturated carbocycles. The van der Waals surface area contributed by atoms with Gasteiger partial charge >= 0.3 is 6.03 Å². The van der Waals surface area contributed by atoms with Crippen LogP contribution in [0.1, 0.15) is 31.9 Å². The number of hydrogen-bond acceptors (Lipinski definition) is 3. The maximum absolute atomic E-state index is 13.4. The molecule has 0 aromatic heterocycles. The Balaban J connectivity index is 2.01. The van der Waals surface area contributed by atoms with Crippen molar-refractivity contribution in [1.29, 1.82) is 0 Å². The molecule has 0 unspecified atom stereocenters. The highest BCUT2D eigenvalue weighted by Crippen LogP contribution is 2.30. The van der Waals surface area contributed by atoms with E-state index in [-0.39, 0.29) is 24.6 Å². The molecule has 0 radical (unpaired) electrons. The third kappa shape index (κ3) is 4.39. The Hall–Kier alpha value is -1.73. The molecule has 1 fully saturated rings. The fraction of sp³-hybridized carbons (Fsp3) is 0.562. The lowest BCUT2D eigenvalue weighted by Gasteiger charge is -2.24. The van der Waals surface area contributed by atoms with E-state index in [2.05, 4.69) is 10.6 Å². The largest absolute Gasteiger partial charge is 0.394 e. The molecule has 5 nitrogen and oxygen atoms in total. The number of aliphatic hydroxyl groups is 1. The maximum atomic E-state index is 13.4. The van der Waals surface area contributed by atoms with Crippen molar-refractivity contribution in [2.45, 2.75) is 38.5 Å². The summed E-state index contributed by atoms with van der Waals surface area (Å²) in [6, 6.07) is 2.48. The van der Waals surface area contributed by atoms with Crippen molar-refractivity contribution < 1.29 is 23.4 Å². The quantitative estimate of drug-likeness (QED) is 0.775.